The number of piperidine rings is 1. The number of aliphatic carboxylic acids is 1. The molecule has 0 radical (unpaired) electrons. The van der Waals surface area contributed by atoms with Gasteiger partial charge in [-0.15, -0.1) is 0 Å². The lowest BCUT2D eigenvalue weighted by Crippen LogP contribution is -2.48. The van der Waals surface area contributed by atoms with Crippen molar-refractivity contribution in [3.63, 3.8) is 0 Å². The van der Waals surface area contributed by atoms with Crippen LogP contribution in [-0.2, 0) is 14.4 Å². The van der Waals surface area contributed by atoms with Gasteiger partial charge in [0.2, 0.25) is 11.8 Å². The standard InChI is InChI=1S/C18H30N2O4/c1-17(2,3)15(22)19-11-13-6-4-9-20(12-13)14(21)10-18(16(23)24)7-5-8-18/h13H,4-12H2,1-3H3,(H,19,22)(H,23,24). The molecule has 0 aromatic heterocycles. The lowest BCUT2D eigenvalue weighted by Gasteiger charge is -2.40. The molecule has 2 rings (SSSR count). The van der Waals surface area contributed by atoms with Gasteiger partial charge in [0.15, 0.2) is 0 Å². The summed E-state index contributed by atoms with van der Waals surface area (Å²) in [4.78, 5) is 37.7. The summed E-state index contributed by atoms with van der Waals surface area (Å²) < 4.78 is 0. The van der Waals surface area contributed by atoms with Crippen LogP contribution < -0.4 is 5.32 Å². The predicted octanol–water partition coefficient (Wildman–Crippen LogP) is 2.03. The van der Waals surface area contributed by atoms with Gasteiger partial charge in [-0.1, -0.05) is 27.2 Å². The molecule has 0 aromatic carbocycles. The first kappa shape index (κ1) is 18.7. The molecule has 6 nitrogen and oxygen atoms in total. The van der Waals surface area contributed by atoms with E-state index < -0.39 is 16.8 Å². The summed E-state index contributed by atoms with van der Waals surface area (Å²) in [5.41, 5.74) is -1.24. The van der Waals surface area contributed by atoms with Crippen molar-refractivity contribution in [1.82, 2.24) is 10.2 Å². The van der Waals surface area contributed by atoms with E-state index in [0.717, 1.165) is 19.3 Å². The van der Waals surface area contributed by atoms with E-state index in [9.17, 15) is 19.5 Å². The average molecular weight is 338 g/mol. The predicted molar refractivity (Wildman–Crippen MR) is 90.3 cm³/mol. The van der Waals surface area contributed by atoms with Crippen LogP contribution in [0.1, 0.15) is 59.3 Å². The minimum absolute atomic E-state index is 0.0187. The SMILES string of the molecule is CC(C)(C)C(=O)NCC1CCCN(C(=O)CC2(C(=O)O)CCC2)C1. The second kappa shape index (κ2) is 7.11. The molecular weight excluding hydrogens is 308 g/mol. The zero-order chi connectivity index (χ0) is 18.0. The maximum Gasteiger partial charge on any atom is 0.310 e. The molecule has 1 aliphatic carbocycles. The lowest BCUT2D eigenvalue weighted by molar-refractivity contribution is -0.160. The molecule has 1 saturated carbocycles. The number of nitrogens with one attached hydrogen (secondary N) is 1. The van der Waals surface area contributed by atoms with Crippen molar-refractivity contribution >= 4 is 17.8 Å². The Labute approximate surface area is 144 Å². The monoisotopic (exact) mass is 338 g/mol. The number of carboxylic acid groups (broad SMARTS) is 1. The summed E-state index contributed by atoms with van der Waals surface area (Å²) in [5, 5.41) is 12.4. The van der Waals surface area contributed by atoms with E-state index in [-0.39, 0.29) is 24.2 Å². The number of carbonyl (C=O) groups is 3. The molecule has 1 aliphatic heterocycles. The summed E-state index contributed by atoms with van der Waals surface area (Å²) in [6, 6.07) is 0. The molecule has 2 N–H and O–H groups in total. The zero-order valence-electron chi connectivity index (χ0n) is 15.1. The number of likely N-dealkylation sites (tertiary alicyclic amines) is 1. The van der Waals surface area contributed by atoms with Crippen LogP contribution in [0.2, 0.25) is 0 Å². The van der Waals surface area contributed by atoms with Gasteiger partial charge < -0.3 is 15.3 Å². The largest absolute Gasteiger partial charge is 0.481 e. The first-order valence-electron chi connectivity index (χ1n) is 8.93. The van der Waals surface area contributed by atoms with Gasteiger partial charge >= 0.3 is 5.97 Å². The van der Waals surface area contributed by atoms with E-state index in [1.165, 1.54) is 0 Å². The second-order valence-electron chi connectivity index (χ2n) is 8.42. The lowest BCUT2D eigenvalue weighted by atomic mass is 9.66. The van der Waals surface area contributed by atoms with E-state index >= 15 is 0 Å². The maximum atomic E-state index is 12.5. The molecule has 1 atom stereocenters. The van der Waals surface area contributed by atoms with Crippen molar-refractivity contribution in [3.05, 3.63) is 0 Å². The molecule has 6 heteroatoms. The van der Waals surface area contributed by atoms with Gasteiger partial charge in [-0.3, -0.25) is 14.4 Å². The Morgan fingerprint density at radius 1 is 1.21 bits per heavy atom. The third-order valence-corrected chi connectivity index (χ3v) is 5.36. The molecular formula is C18H30N2O4. The van der Waals surface area contributed by atoms with E-state index in [1.807, 2.05) is 20.8 Å². The van der Waals surface area contributed by atoms with Crippen LogP contribution >= 0.6 is 0 Å². The first-order valence-corrected chi connectivity index (χ1v) is 8.93. The van der Waals surface area contributed by atoms with Crippen LogP contribution in [0.4, 0.5) is 0 Å². The van der Waals surface area contributed by atoms with Crippen molar-refractivity contribution in [2.45, 2.75) is 59.3 Å². The highest BCUT2D eigenvalue weighted by Crippen LogP contribution is 2.44. The number of rotatable bonds is 5. The molecule has 2 aliphatic rings. The summed E-state index contributed by atoms with van der Waals surface area (Å²) in [6.07, 6.45) is 4.10. The number of carboxylic acids is 1. The number of amides is 2. The Bertz CT molecular complexity index is 506. The van der Waals surface area contributed by atoms with Gasteiger partial charge in [-0.25, -0.2) is 0 Å². The summed E-state index contributed by atoms with van der Waals surface area (Å²) in [7, 11) is 0. The minimum atomic E-state index is -0.840. The summed E-state index contributed by atoms with van der Waals surface area (Å²) >= 11 is 0. The van der Waals surface area contributed by atoms with Gasteiger partial charge in [0, 0.05) is 31.5 Å². The highest BCUT2D eigenvalue weighted by molar-refractivity contribution is 5.85. The molecule has 1 heterocycles. The summed E-state index contributed by atoms with van der Waals surface area (Å²) in [6.45, 7) is 7.51. The third-order valence-electron chi connectivity index (χ3n) is 5.36. The fourth-order valence-electron chi connectivity index (χ4n) is 3.43. The van der Waals surface area contributed by atoms with E-state index in [2.05, 4.69) is 5.32 Å². The highest BCUT2D eigenvalue weighted by atomic mass is 16.4. The Kier molecular flexibility index (Phi) is 5.56. The fraction of sp³-hybridized carbons (Fsp3) is 0.833. The topological polar surface area (TPSA) is 86.7 Å². The van der Waals surface area contributed by atoms with Crippen LogP contribution in [0.3, 0.4) is 0 Å². The molecule has 0 bridgehead atoms. The fourth-order valence-corrected chi connectivity index (χ4v) is 3.43. The van der Waals surface area contributed by atoms with E-state index in [0.29, 0.717) is 32.5 Å². The van der Waals surface area contributed by atoms with Crippen LogP contribution in [0.5, 0.6) is 0 Å². The van der Waals surface area contributed by atoms with Crippen LogP contribution in [0.25, 0.3) is 0 Å². The normalized spacial score (nSPS) is 23.3. The van der Waals surface area contributed by atoms with Gasteiger partial charge in [0.25, 0.3) is 0 Å². The molecule has 1 saturated heterocycles. The minimum Gasteiger partial charge on any atom is -0.481 e. The average Bonchev–Trinajstić information content (AvgIpc) is 2.47. The number of carbonyl (C=O) groups excluding carboxylic acids is 2. The summed E-state index contributed by atoms with van der Waals surface area (Å²) in [5.74, 6) is -0.626. The van der Waals surface area contributed by atoms with Crippen molar-refractivity contribution in [2.24, 2.45) is 16.7 Å². The highest BCUT2D eigenvalue weighted by Gasteiger charge is 2.46. The van der Waals surface area contributed by atoms with Crippen molar-refractivity contribution in [2.75, 3.05) is 19.6 Å². The molecule has 136 valence electrons. The van der Waals surface area contributed by atoms with Gasteiger partial charge in [0.1, 0.15) is 0 Å². The Morgan fingerprint density at radius 3 is 2.38 bits per heavy atom. The van der Waals surface area contributed by atoms with Crippen molar-refractivity contribution in [1.29, 1.82) is 0 Å². The number of hydrogen-bond acceptors (Lipinski definition) is 3. The van der Waals surface area contributed by atoms with E-state index in [1.54, 1.807) is 4.90 Å². The van der Waals surface area contributed by atoms with E-state index in [4.69, 9.17) is 0 Å². The van der Waals surface area contributed by atoms with Gasteiger partial charge in [-0.05, 0) is 31.6 Å². The Balaban J connectivity index is 1.85. The third kappa shape index (κ3) is 4.28. The van der Waals surface area contributed by atoms with Crippen molar-refractivity contribution in [3.8, 4) is 0 Å². The molecule has 2 fully saturated rings. The molecule has 2 amide bonds. The maximum absolute atomic E-state index is 12.5. The van der Waals surface area contributed by atoms with Gasteiger partial charge in [-0.2, -0.15) is 0 Å². The van der Waals surface area contributed by atoms with Crippen LogP contribution in [-0.4, -0.2) is 47.4 Å². The molecule has 0 aromatic rings. The van der Waals surface area contributed by atoms with Crippen LogP contribution in [0, 0.1) is 16.7 Å². The first-order chi connectivity index (χ1) is 11.1. The number of hydrogen-bond donors (Lipinski definition) is 2. The number of nitrogens with zero attached hydrogens (tertiary/aromatic N) is 1. The smallest absolute Gasteiger partial charge is 0.310 e. The zero-order valence-corrected chi connectivity index (χ0v) is 15.1. The quantitative estimate of drug-likeness (QED) is 0.803. The Hall–Kier alpha value is -1.59. The van der Waals surface area contributed by atoms with Crippen molar-refractivity contribution < 1.29 is 19.5 Å². The molecule has 1 unspecified atom stereocenters. The molecule has 24 heavy (non-hydrogen) atoms. The second-order valence-corrected chi connectivity index (χ2v) is 8.42. The van der Waals surface area contributed by atoms with Crippen LogP contribution in [0.15, 0.2) is 0 Å². The molecule has 0 spiro atoms. The van der Waals surface area contributed by atoms with Gasteiger partial charge in [0.05, 0.1) is 5.41 Å². The Morgan fingerprint density at radius 2 is 1.88 bits per heavy atom.